The fourth-order valence-electron chi connectivity index (χ4n) is 8.49. The highest BCUT2D eigenvalue weighted by Gasteiger charge is 2.45. The molecule has 6 aromatic rings. The van der Waals surface area contributed by atoms with Crippen LogP contribution in [0, 0.1) is 38.0 Å². The largest absolute Gasteiger partial charge is 0.391 e. The van der Waals surface area contributed by atoms with Crippen molar-refractivity contribution in [2.45, 2.75) is 105 Å². The van der Waals surface area contributed by atoms with E-state index in [0.29, 0.717) is 18.0 Å². The highest BCUT2D eigenvalue weighted by Crippen LogP contribution is 2.39. The van der Waals surface area contributed by atoms with Gasteiger partial charge in [0.1, 0.15) is 35.6 Å². The van der Waals surface area contributed by atoms with Crippen molar-refractivity contribution in [3.8, 4) is 27.3 Å². The average molecular weight is 976 g/mol. The lowest BCUT2D eigenvalue weighted by Gasteiger charge is -2.35. The first-order chi connectivity index (χ1) is 32.5. The highest BCUT2D eigenvalue weighted by atomic mass is 35.5. The zero-order valence-corrected chi connectivity index (χ0v) is 41.7. The highest BCUT2D eigenvalue weighted by molar-refractivity contribution is 7.15. The standard InChI is InChI=1S/C50H55ClN10O5S2/c1-28-40(68-49-42(28)43(35-15-17-37(51)18-16-35)54-31(4)46-58-57-32(5)61(46)49)19-10-33-23-53-59(24-33)20-9-21-66-26-41(63)56-45(50(6,7)8)48(65)60-25-38(62)22-39(60)47(64)55-29(2)34-11-13-36(14-12-34)44-30(3)52-27-67-44/h11-18,23-24,27,29,31,38-39,45,62H,9,20-22,25-26H2,1-8H3,(H,55,64)(H,56,63)/t29?,31-,38+,39-,45?/m0/s1. The van der Waals surface area contributed by atoms with Crippen LogP contribution in [0.5, 0.6) is 0 Å². The van der Waals surface area contributed by atoms with Gasteiger partial charge in [0.25, 0.3) is 0 Å². The van der Waals surface area contributed by atoms with Crippen LogP contribution in [0.15, 0.2) is 71.4 Å². The third-order valence-corrected chi connectivity index (χ3v) is 14.6. The number of carbonyl (C=O) groups is 3. The number of aliphatic hydroxyl groups is 1. The maximum Gasteiger partial charge on any atom is 0.246 e. The number of halogens is 1. The Morgan fingerprint density at radius 1 is 1.01 bits per heavy atom. The lowest BCUT2D eigenvalue weighted by molar-refractivity contribution is -0.144. The molecule has 6 heterocycles. The predicted molar refractivity (Wildman–Crippen MR) is 264 cm³/mol. The van der Waals surface area contributed by atoms with E-state index in [1.165, 1.54) is 4.90 Å². The number of rotatable bonds is 13. The number of ether oxygens (including phenoxy) is 1. The monoisotopic (exact) mass is 974 g/mol. The predicted octanol–water partition coefficient (Wildman–Crippen LogP) is 7.32. The molecule has 2 aliphatic rings. The molecular formula is C50H55ClN10O5S2. The molecule has 8 rings (SSSR count). The van der Waals surface area contributed by atoms with Crippen LogP contribution in [0.2, 0.25) is 5.02 Å². The van der Waals surface area contributed by atoms with E-state index in [4.69, 9.17) is 21.3 Å². The molecule has 354 valence electrons. The van der Waals surface area contributed by atoms with E-state index in [1.807, 2.05) is 109 Å². The first-order valence-electron chi connectivity index (χ1n) is 22.6. The van der Waals surface area contributed by atoms with E-state index in [0.717, 1.165) is 71.2 Å². The van der Waals surface area contributed by atoms with Crippen LogP contribution in [0.4, 0.5) is 0 Å². The summed E-state index contributed by atoms with van der Waals surface area (Å²) >= 11 is 9.40. The lowest BCUT2D eigenvalue weighted by Crippen LogP contribution is -2.58. The summed E-state index contributed by atoms with van der Waals surface area (Å²) in [5.74, 6) is 6.95. The zero-order valence-electron chi connectivity index (χ0n) is 39.3. The van der Waals surface area contributed by atoms with E-state index in [1.54, 1.807) is 33.6 Å². The van der Waals surface area contributed by atoms with Gasteiger partial charge in [-0.3, -0.25) is 28.6 Å². The number of aryl methyl sites for hydroxylation is 3. The van der Waals surface area contributed by atoms with E-state index < -0.39 is 35.4 Å². The summed E-state index contributed by atoms with van der Waals surface area (Å²) in [6.07, 6.45) is 3.39. The van der Waals surface area contributed by atoms with Crippen LogP contribution in [-0.2, 0) is 25.7 Å². The molecule has 1 saturated heterocycles. The zero-order chi connectivity index (χ0) is 48.4. The normalized spacial score (nSPS) is 17.6. The number of hydrogen-bond donors (Lipinski definition) is 3. The fraction of sp³-hybridized carbons (Fsp3) is 0.400. The van der Waals surface area contributed by atoms with Gasteiger partial charge in [-0.05, 0) is 75.3 Å². The number of thiophene rings is 1. The minimum Gasteiger partial charge on any atom is -0.391 e. The molecule has 0 aliphatic carbocycles. The summed E-state index contributed by atoms with van der Waals surface area (Å²) in [7, 11) is 0. The van der Waals surface area contributed by atoms with Crippen LogP contribution < -0.4 is 10.6 Å². The molecule has 0 bridgehead atoms. The summed E-state index contributed by atoms with van der Waals surface area (Å²) in [5.41, 5.74) is 8.59. The van der Waals surface area contributed by atoms with Gasteiger partial charge in [0.15, 0.2) is 5.82 Å². The van der Waals surface area contributed by atoms with Crippen LogP contribution in [-0.4, -0.2) is 101 Å². The molecule has 0 saturated carbocycles. The summed E-state index contributed by atoms with van der Waals surface area (Å²) in [6, 6.07) is 13.2. The van der Waals surface area contributed by atoms with Crippen molar-refractivity contribution in [3.63, 3.8) is 0 Å². The molecule has 18 heteroatoms. The van der Waals surface area contributed by atoms with E-state index >= 15 is 0 Å². The summed E-state index contributed by atoms with van der Waals surface area (Å²) in [4.78, 5) is 53.9. The second-order valence-electron chi connectivity index (χ2n) is 18.4. The van der Waals surface area contributed by atoms with Gasteiger partial charge in [-0.1, -0.05) is 80.6 Å². The minimum absolute atomic E-state index is 0.0191. The SMILES string of the molecule is Cc1ncsc1-c1ccc(C(C)NC(=O)[C@@H]2C[C@@H](O)CN2C(=O)C(NC(=O)COCCCn2cc(C#Cc3sc4c(c3C)C(c3ccc(Cl)cc3)=N[C@@H](C)c3nnc(C)n3-4)cn2)C(C)(C)C)cc1. The Hall–Kier alpha value is -6.03. The van der Waals surface area contributed by atoms with Crippen molar-refractivity contribution in [1.82, 2.24) is 45.1 Å². The number of aliphatic imine (C=N–C) groups is 1. The molecule has 2 unspecified atom stereocenters. The van der Waals surface area contributed by atoms with Crippen LogP contribution in [0.1, 0.15) is 110 Å². The Labute approximate surface area is 409 Å². The van der Waals surface area contributed by atoms with Gasteiger partial charge in [0, 0.05) is 48.5 Å². The number of β-amino-alcohol motifs (C(OH)–C–C–N with tert-alkyl or cyclic N) is 1. The van der Waals surface area contributed by atoms with Gasteiger partial charge >= 0.3 is 0 Å². The number of aliphatic hydroxyl groups excluding tert-OH is 1. The quantitative estimate of drug-likeness (QED) is 0.0790. The molecule has 3 amide bonds. The van der Waals surface area contributed by atoms with E-state index in [2.05, 4.69) is 54.2 Å². The fourth-order valence-corrected chi connectivity index (χ4v) is 10.6. The molecule has 2 aliphatic heterocycles. The van der Waals surface area contributed by atoms with Gasteiger partial charge < -0.3 is 25.4 Å². The number of hydrogen-bond acceptors (Lipinski definition) is 12. The number of nitrogens with one attached hydrogen (secondary N) is 2. The molecule has 1 fully saturated rings. The Bertz CT molecular complexity index is 2920. The average Bonchev–Trinajstić information content (AvgIpc) is 4.15. The molecule has 0 radical (unpaired) electrons. The first-order valence-corrected chi connectivity index (χ1v) is 24.6. The Morgan fingerprint density at radius 2 is 1.75 bits per heavy atom. The van der Waals surface area contributed by atoms with Crippen LogP contribution >= 0.6 is 34.3 Å². The second-order valence-corrected chi connectivity index (χ2v) is 20.7. The Morgan fingerprint density at radius 3 is 2.46 bits per heavy atom. The van der Waals surface area contributed by atoms with Gasteiger partial charge in [0.05, 0.1) is 50.6 Å². The molecule has 2 aromatic carbocycles. The van der Waals surface area contributed by atoms with Crippen molar-refractivity contribution in [2.24, 2.45) is 10.4 Å². The maximum absolute atomic E-state index is 14.1. The number of likely N-dealkylation sites (tertiary alicyclic amines) is 1. The molecule has 5 atom stereocenters. The molecule has 0 spiro atoms. The maximum atomic E-state index is 14.1. The van der Waals surface area contributed by atoms with Crippen molar-refractivity contribution in [1.29, 1.82) is 0 Å². The van der Waals surface area contributed by atoms with Gasteiger partial charge in [-0.15, -0.1) is 32.9 Å². The Kier molecular flexibility index (Phi) is 14.4. The third kappa shape index (κ3) is 10.5. The van der Waals surface area contributed by atoms with Crippen molar-refractivity contribution < 1.29 is 24.2 Å². The second kappa shape index (κ2) is 20.3. The number of fused-ring (bicyclic) bond motifs is 3. The van der Waals surface area contributed by atoms with Crippen molar-refractivity contribution >= 4 is 57.7 Å². The number of benzene rings is 2. The van der Waals surface area contributed by atoms with E-state index in [-0.39, 0.29) is 44.2 Å². The smallest absolute Gasteiger partial charge is 0.246 e. The molecular weight excluding hydrogens is 920 g/mol. The first kappa shape index (κ1) is 48.4. The van der Waals surface area contributed by atoms with Crippen molar-refractivity contribution in [3.05, 3.63) is 121 Å². The van der Waals surface area contributed by atoms with Gasteiger partial charge in [0.2, 0.25) is 17.7 Å². The van der Waals surface area contributed by atoms with Crippen LogP contribution in [0.25, 0.3) is 15.4 Å². The minimum atomic E-state index is -0.970. The number of nitrogens with zero attached hydrogens (tertiary/aromatic N) is 8. The molecule has 68 heavy (non-hydrogen) atoms. The number of amides is 3. The van der Waals surface area contributed by atoms with Gasteiger partial charge in [-0.25, -0.2) is 4.98 Å². The topological polar surface area (TPSA) is 182 Å². The van der Waals surface area contributed by atoms with E-state index in [9.17, 15) is 19.5 Å². The third-order valence-electron chi connectivity index (χ3n) is 12.2. The summed E-state index contributed by atoms with van der Waals surface area (Å²) in [5, 5.41) is 31.5. The summed E-state index contributed by atoms with van der Waals surface area (Å²) in [6.45, 7) is 15.9. The van der Waals surface area contributed by atoms with Gasteiger partial charge in [-0.2, -0.15) is 5.10 Å². The van der Waals surface area contributed by atoms with Crippen LogP contribution in [0.3, 0.4) is 0 Å². The summed E-state index contributed by atoms with van der Waals surface area (Å²) < 4.78 is 9.61. The molecule has 4 aromatic heterocycles. The number of thiazole rings is 1. The number of carbonyl (C=O) groups excluding carboxylic acids is 3. The lowest BCUT2D eigenvalue weighted by atomic mass is 9.85. The molecule has 3 N–H and O–H groups in total. The number of aromatic nitrogens is 6. The molecule has 15 nitrogen and oxygen atoms in total. The van der Waals surface area contributed by atoms with Crippen molar-refractivity contribution in [2.75, 3.05) is 19.8 Å². The Balaban J connectivity index is 0.841.